The normalized spacial score (nSPS) is 22.1. The van der Waals surface area contributed by atoms with E-state index in [1.807, 2.05) is 0 Å². The van der Waals surface area contributed by atoms with Crippen molar-refractivity contribution >= 4 is 28.6 Å². The Hall–Kier alpha value is -0.270. The number of rotatable bonds is 1. The summed E-state index contributed by atoms with van der Waals surface area (Å²) in [6.45, 7) is 0. The van der Waals surface area contributed by atoms with Crippen molar-refractivity contribution in [3.63, 3.8) is 0 Å². The molecule has 0 fully saturated rings. The van der Waals surface area contributed by atoms with Crippen molar-refractivity contribution < 1.29 is 0 Å². The lowest BCUT2D eigenvalue weighted by atomic mass is 10.1. The van der Waals surface area contributed by atoms with Crippen molar-refractivity contribution in [1.29, 1.82) is 0 Å². The van der Waals surface area contributed by atoms with E-state index in [9.17, 15) is 0 Å². The molecule has 1 heterocycles. The van der Waals surface area contributed by atoms with E-state index in [1.165, 1.54) is 64.6 Å². The van der Waals surface area contributed by atoms with Crippen LogP contribution in [0, 0.1) is 0 Å². The molecule has 0 nitrogen and oxygen atoms in total. The monoisotopic (exact) mass is 292 g/mol. The minimum atomic E-state index is 1.24. The largest absolute Gasteiger partial charge is 0.0836 e. The Bertz CT molecular complexity index is 432. The standard InChI is InChI=1S/C15H19P3/c1-2-4-9-13-16-18-17-15(12-8-3-1)14-10-6-5-7-11-14/h5-8,10-12H,1-4,9,13H2/b12-8-. The van der Waals surface area contributed by atoms with Crippen LogP contribution in [0.5, 0.6) is 0 Å². The van der Waals surface area contributed by atoms with E-state index in [1.54, 1.807) is 7.87 Å². The van der Waals surface area contributed by atoms with E-state index in [2.05, 4.69) is 42.5 Å². The van der Waals surface area contributed by atoms with Crippen LogP contribution in [-0.4, -0.2) is 11.5 Å². The molecule has 0 spiro atoms. The third-order valence-corrected chi connectivity index (χ3v) is 8.13. The van der Waals surface area contributed by atoms with Crippen molar-refractivity contribution in [2.24, 2.45) is 0 Å². The summed E-state index contributed by atoms with van der Waals surface area (Å²) in [6, 6.07) is 10.8. The number of allylic oxidation sites excluding steroid dienone is 2. The van der Waals surface area contributed by atoms with Crippen LogP contribution in [0.3, 0.4) is 0 Å². The Kier molecular flexibility index (Phi) is 6.89. The maximum absolute atomic E-state index is 2.36. The zero-order valence-corrected chi connectivity index (χ0v) is 13.3. The molecule has 1 aromatic carbocycles. The first-order valence-corrected chi connectivity index (χ1v) is 10.9. The SMILES string of the molecule is C1=C\C(c2ccccc2)=PP=PCCCCCC/1. The maximum atomic E-state index is 2.36. The Labute approximate surface area is 115 Å². The highest BCUT2D eigenvalue weighted by Gasteiger charge is 1.97. The summed E-state index contributed by atoms with van der Waals surface area (Å²) in [6.07, 6.45) is 12.9. The van der Waals surface area contributed by atoms with Gasteiger partial charge in [0.1, 0.15) is 0 Å². The molecule has 0 aromatic heterocycles. The Morgan fingerprint density at radius 3 is 2.61 bits per heavy atom. The van der Waals surface area contributed by atoms with Crippen molar-refractivity contribution in [2.75, 3.05) is 6.16 Å². The van der Waals surface area contributed by atoms with Crippen LogP contribution in [0.2, 0.25) is 0 Å². The van der Waals surface area contributed by atoms with Gasteiger partial charge in [0.05, 0.1) is 0 Å². The molecule has 0 aliphatic carbocycles. The highest BCUT2D eigenvalue weighted by Crippen LogP contribution is 2.33. The average molecular weight is 292 g/mol. The number of hydrogen-bond acceptors (Lipinski definition) is 0. The lowest BCUT2D eigenvalue weighted by Crippen LogP contribution is -1.91. The van der Waals surface area contributed by atoms with Gasteiger partial charge in [-0.15, -0.1) is 0 Å². The summed E-state index contributed by atoms with van der Waals surface area (Å²) < 4.78 is 0. The van der Waals surface area contributed by atoms with E-state index < -0.39 is 0 Å². The van der Waals surface area contributed by atoms with Gasteiger partial charge in [-0.1, -0.05) is 63.2 Å². The van der Waals surface area contributed by atoms with Crippen LogP contribution in [0.4, 0.5) is 0 Å². The first-order valence-electron chi connectivity index (χ1n) is 6.63. The molecular weight excluding hydrogens is 273 g/mol. The Morgan fingerprint density at radius 1 is 0.889 bits per heavy atom. The molecule has 0 N–H and O–H groups in total. The maximum Gasteiger partial charge on any atom is 0.0136 e. The van der Waals surface area contributed by atoms with Gasteiger partial charge in [-0.05, 0) is 46.4 Å². The smallest absolute Gasteiger partial charge is 0.0136 e. The van der Waals surface area contributed by atoms with Crippen LogP contribution in [0.25, 0.3) is 0 Å². The summed E-state index contributed by atoms with van der Waals surface area (Å²) in [4.78, 5) is 0. The molecule has 0 bridgehead atoms. The molecule has 1 aromatic rings. The third kappa shape index (κ3) is 5.16. The summed E-state index contributed by atoms with van der Waals surface area (Å²) in [5, 5.41) is 1.48. The fraction of sp³-hybridized carbons (Fsp3) is 0.400. The average Bonchev–Trinajstić information content (AvgIpc) is 2.40. The molecule has 0 amide bonds. The zero-order chi connectivity index (χ0) is 12.5. The van der Waals surface area contributed by atoms with E-state index >= 15 is 0 Å². The number of benzene rings is 1. The molecule has 2 rings (SSSR count). The van der Waals surface area contributed by atoms with Crippen molar-refractivity contribution in [1.82, 2.24) is 0 Å². The molecular formula is C15H19P3. The third-order valence-electron chi connectivity index (χ3n) is 2.94. The first kappa shape index (κ1) is 14.1. The summed E-state index contributed by atoms with van der Waals surface area (Å²) in [5.74, 6) is 0. The van der Waals surface area contributed by atoms with Gasteiger partial charge in [0.2, 0.25) is 0 Å². The van der Waals surface area contributed by atoms with Crippen LogP contribution in [0.1, 0.15) is 37.7 Å². The fourth-order valence-corrected chi connectivity index (χ4v) is 6.92. The Balaban J connectivity index is 2.16. The molecule has 3 heteroatoms. The van der Waals surface area contributed by atoms with Gasteiger partial charge in [-0.25, -0.2) is 0 Å². The van der Waals surface area contributed by atoms with Crippen LogP contribution in [-0.2, 0) is 0 Å². The number of hydrogen-bond donors (Lipinski definition) is 0. The highest BCUT2D eigenvalue weighted by atomic mass is 32.2. The van der Waals surface area contributed by atoms with Crippen molar-refractivity contribution in [2.45, 2.75) is 32.1 Å². The lowest BCUT2D eigenvalue weighted by molar-refractivity contribution is 0.678. The fourth-order valence-electron chi connectivity index (χ4n) is 1.91. The summed E-state index contributed by atoms with van der Waals surface area (Å²) >= 11 is 0. The topological polar surface area (TPSA) is 0 Å². The molecule has 18 heavy (non-hydrogen) atoms. The van der Waals surface area contributed by atoms with Gasteiger partial charge in [0, 0.05) is 5.29 Å². The molecule has 94 valence electrons. The second kappa shape index (κ2) is 8.77. The van der Waals surface area contributed by atoms with Gasteiger partial charge < -0.3 is 0 Å². The highest BCUT2D eigenvalue weighted by molar-refractivity contribution is 8.24. The first-order chi connectivity index (χ1) is 8.97. The lowest BCUT2D eigenvalue weighted by Gasteiger charge is -2.02. The molecule has 0 unspecified atom stereocenters. The minimum Gasteiger partial charge on any atom is -0.0836 e. The van der Waals surface area contributed by atoms with Gasteiger partial charge in [0.15, 0.2) is 0 Å². The van der Waals surface area contributed by atoms with Crippen molar-refractivity contribution in [3.05, 3.63) is 48.0 Å². The minimum absolute atomic E-state index is 1.24. The second-order valence-corrected chi connectivity index (χ2v) is 9.60. The predicted molar refractivity (Wildman–Crippen MR) is 88.4 cm³/mol. The van der Waals surface area contributed by atoms with E-state index in [-0.39, 0.29) is 0 Å². The van der Waals surface area contributed by atoms with Gasteiger partial charge in [0.25, 0.3) is 0 Å². The van der Waals surface area contributed by atoms with Crippen molar-refractivity contribution in [3.8, 4) is 0 Å². The summed E-state index contributed by atoms with van der Waals surface area (Å²) in [7, 11) is 4.58. The molecule has 0 radical (unpaired) electrons. The quantitative estimate of drug-likeness (QED) is 0.526. The Morgan fingerprint density at radius 2 is 1.72 bits per heavy atom. The van der Waals surface area contributed by atoms with Gasteiger partial charge in [-0.3, -0.25) is 0 Å². The van der Waals surface area contributed by atoms with Gasteiger partial charge >= 0.3 is 0 Å². The van der Waals surface area contributed by atoms with E-state index in [0.717, 1.165) is 0 Å². The van der Waals surface area contributed by atoms with Crippen LogP contribution in [0.15, 0.2) is 42.5 Å². The second-order valence-electron chi connectivity index (χ2n) is 4.41. The molecule has 0 saturated carbocycles. The van der Waals surface area contributed by atoms with E-state index in [4.69, 9.17) is 0 Å². The summed E-state index contributed by atoms with van der Waals surface area (Å²) in [5.41, 5.74) is 1.38. The molecule has 0 saturated heterocycles. The van der Waals surface area contributed by atoms with Gasteiger partial charge in [-0.2, -0.15) is 0 Å². The predicted octanol–water partition coefficient (Wildman–Crippen LogP) is 6.40. The zero-order valence-electron chi connectivity index (χ0n) is 10.6. The van der Waals surface area contributed by atoms with E-state index in [0.29, 0.717) is 0 Å². The molecule has 0 atom stereocenters. The molecule has 1 aliphatic rings. The van der Waals surface area contributed by atoms with Crippen LogP contribution >= 0.6 is 23.3 Å². The molecule has 1 aliphatic heterocycles. The van der Waals surface area contributed by atoms with Crippen LogP contribution < -0.4 is 0 Å².